The Morgan fingerprint density at radius 3 is 2.63 bits per heavy atom. The second-order valence-corrected chi connectivity index (χ2v) is 8.10. The van der Waals surface area contributed by atoms with Gasteiger partial charge < -0.3 is 4.90 Å². The van der Waals surface area contributed by atoms with Crippen molar-refractivity contribution in [3.8, 4) is 11.4 Å². The fraction of sp³-hybridized carbons (Fsp3) is 0.136. The summed E-state index contributed by atoms with van der Waals surface area (Å²) in [6, 6.07) is 17.4. The molecule has 0 spiro atoms. The van der Waals surface area contributed by atoms with E-state index in [0.29, 0.717) is 17.3 Å². The van der Waals surface area contributed by atoms with E-state index in [1.165, 1.54) is 11.8 Å². The van der Waals surface area contributed by atoms with E-state index in [2.05, 4.69) is 10.1 Å². The van der Waals surface area contributed by atoms with E-state index < -0.39 is 0 Å². The molecule has 0 N–H and O–H groups in total. The zero-order valence-corrected chi connectivity index (χ0v) is 17.9. The van der Waals surface area contributed by atoms with Gasteiger partial charge in [-0.05, 0) is 36.4 Å². The van der Waals surface area contributed by atoms with Crippen LogP contribution in [0.2, 0.25) is 5.02 Å². The van der Waals surface area contributed by atoms with Crippen LogP contribution in [0.15, 0.2) is 84.5 Å². The third-order valence-corrected chi connectivity index (χ3v) is 5.74. The molecule has 4 aromatic rings. The van der Waals surface area contributed by atoms with Gasteiger partial charge in [-0.25, -0.2) is 9.67 Å². The summed E-state index contributed by atoms with van der Waals surface area (Å²) in [4.78, 5) is 18.7. The molecule has 0 saturated carbocycles. The minimum Gasteiger partial charge on any atom is -0.341 e. The first-order valence-electron chi connectivity index (χ1n) is 9.35. The summed E-state index contributed by atoms with van der Waals surface area (Å²) >= 11 is 7.38. The van der Waals surface area contributed by atoms with Gasteiger partial charge in [-0.2, -0.15) is 5.10 Å². The number of benzene rings is 2. The van der Waals surface area contributed by atoms with Crippen molar-refractivity contribution in [2.45, 2.75) is 11.7 Å². The van der Waals surface area contributed by atoms with Crippen LogP contribution >= 0.6 is 23.4 Å². The van der Waals surface area contributed by atoms with E-state index in [4.69, 9.17) is 11.6 Å². The molecule has 30 heavy (non-hydrogen) atoms. The quantitative estimate of drug-likeness (QED) is 0.400. The highest BCUT2D eigenvalue weighted by Crippen LogP contribution is 2.22. The van der Waals surface area contributed by atoms with Crippen molar-refractivity contribution < 1.29 is 4.79 Å². The van der Waals surface area contributed by atoms with Crippen molar-refractivity contribution in [1.29, 1.82) is 0 Å². The van der Waals surface area contributed by atoms with Gasteiger partial charge in [0.25, 0.3) is 0 Å². The van der Waals surface area contributed by atoms with Gasteiger partial charge in [-0.3, -0.25) is 9.36 Å². The van der Waals surface area contributed by atoms with E-state index in [0.717, 1.165) is 22.1 Å². The number of para-hydroxylation sites is 1. The smallest absolute Gasteiger partial charge is 0.233 e. The molecule has 0 saturated heterocycles. The highest BCUT2D eigenvalue weighted by molar-refractivity contribution is 7.99. The number of halogens is 1. The SMILES string of the molecule is CN(Cc1cnn(-c2ccccc2)c1)C(=O)CSc1nccn1-c1ccc(Cl)cc1. The van der Waals surface area contributed by atoms with Crippen molar-refractivity contribution in [3.63, 3.8) is 0 Å². The van der Waals surface area contributed by atoms with E-state index >= 15 is 0 Å². The number of rotatable bonds is 7. The maximum Gasteiger partial charge on any atom is 0.233 e. The molecule has 0 aliphatic heterocycles. The van der Waals surface area contributed by atoms with Crippen molar-refractivity contribution in [2.24, 2.45) is 0 Å². The van der Waals surface area contributed by atoms with E-state index in [9.17, 15) is 4.79 Å². The van der Waals surface area contributed by atoms with Crippen LogP contribution in [0.5, 0.6) is 0 Å². The summed E-state index contributed by atoms with van der Waals surface area (Å²) in [6.45, 7) is 0.498. The molecule has 0 unspecified atom stereocenters. The molecule has 0 fully saturated rings. The van der Waals surface area contributed by atoms with Crippen LogP contribution in [0.25, 0.3) is 11.4 Å². The first kappa shape index (κ1) is 20.3. The average molecular weight is 438 g/mol. The largest absolute Gasteiger partial charge is 0.341 e. The van der Waals surface area contributed by atoms with Gasteiger partial charge >= 0.3 is 0 Å². The maximum atomic E-state index is 12.6. The summed E-state index contributed by atoms with van der Waals surface area (Å²) in [5.74, 6) is 0.326. The molecule has 8 heteroatoms. The number of nitrogens with zero attached hydrogens (tertiary/aromatic N) is 5. The molecular formula is C22H20ClN5OS. The third kappa shape index (κ3) is 4.75. The van der Waals surface area contributed by atoms with Crippen LogP contribution < -0.4 is 0 Å². The summed E-state index contributed by atoms with van der Waals surface area (Å²) in [5.41, 5.74) is 2.92. The molecule has 152 valence electrons. The zero-order valence-electron chi connectivity index (χ0n) is 16.4. The topological polar surface area (TPSA) is 56.0 Å². The monoisotopic (exact) mass is 437 g/mol. The normalized spacial score (nSPS) is 10.9. The van der Waals surface area contributed by atoms with Crippen LogP contribution in [0, 0.1) is 0 Å². The Balaban J connectivity index is 1.35. The summed E-state index contributed by atoms with van der Waals surface area (Å²) in [7, 11) is 1.80. The van der Waals surface area contributed by atoms with Crippen LogP contribution in [-0.2, 0) is 11.3 Å². The molecular weight excluding hydrogens is 418 g/mol. The molecule has 0 radical (unpaired) electrons. The molecule has 0 aliphatic carbocycles. The van der Waals surface area contributed by atoms with Crippen molar-refractivity contribution in [3.05, 3.63) is 90.0 Å². The van der Waals surface area contributed by atoms with E-state index in [1.807, 2.05) is 76.2 Å². The Morgan fingerprint density at radius 2 is 1.87 bits per heavy atom. The van der Waals surface area contributed by atoms with E-state index in [-0.39, 0.29) is 5.91 Å². The summed E-state index contributed by atoms with van der Waals surface area (Å²) < 4.78 is 3.75. The second kappa shape index (κ2) is 9.19. The standard InChI is InChI=1S/C22H20ClN5OS/c1-26(14-17-13-25-28(15-17)20-5-3-2-4-6-20)21(29)16-30-22-24-11-12-27(22)19-9-7-18(23)8-10-19/h2-13,15H,14,16H2,1H3. The van der Waals surface area contributed by atoms with Gasteiger partial charge in [0.15, 0.2) is 5.16 Å². The average Bonchev–Trinajstić information content (AvgIpc) is 3.43. The second-order valence-electron chi connectivity index (χ2n) is 6.72. The number of carbonyl (C=O) groups is 1. The van der Waals surface area contributed by atoms with Gasteiger partial charge in [-0.1, -0.05) is 41.6 Å². The number of hydrogen-bond donors (Lipinski definition) is 0. The Morgan fingerprint density at radius 1 is 1.10 bits per heavy atom. The zero-order chi connectivity index (χ0) is 20.9. The van der Waals surface area contributed by atoms with Gasteiger partial charge in [0, 0.05) is 48.5 Å². The molecule has 4 rings (SSSR count). The summed E-state index contributed by atoms with van der Waals surface area (Å²) in [6.07, 6.45) is 7.33. The Kier molecular flexibility index (Phi) is 6.21. The number of amides is 1. The van der Waals surface area contributed by atoms with Crippen LogP contribution in [0.3, 0.4) is 0 Å². The fourth-order valence-corrected chi connectivity index (χ4v) is 4.00. The Bertz CT molecular complexity index is 1120. The van der Waals surface area contributed by atoms with Gasteiger partial charge in [0.05, 0.1) is 17.6 Å². The molecule has 0 atom stereocenters. The molecule has 1 amide bonds. The highest BCUT2D eigenvalue weighted by atomic mass is 35.5. The molecule has 2 aromatic carbocycles. The lowest BCUT2D eigenvalue weighted by atomic mass is 10.3. The predicted octanol–water partition coefficient (Wildman–Crippen LogP) is 4.46. The van der Waals surface area contributed by atoms with Crippen molar-refractivity contribution in [2.75, 3.05) is 12.8 Å². The maximum absolute atomic E-state index is 12.6. The predicted molar refractivity (Wildman–Crippen MR) is 119 cm³/mol. The first-order chi connectivity index (χ1) is 14.6. The van der Waals surface area contributed by atoms with Crippen LogP contribution in [0.4, 0.5) is 0 Å². The van der Waals surface area contributed by atoms with Crippen molar-refractivity contribution >= 4 is 29.3 Å². The lowest BCUT2D eigenvalue weighted by Crippen LogP contribution is -2.27. The number of aromatic nitrogens is 4. The number of carbonyl (C=O) groups excluding carboxylic acids is 1. The Labute approximate surface area is 184 Å². The number of hydrogen-bond acceptors (Lipinski definition) is 4. The molecule has 2 heterocycles. The third-order valence-electron chi connectivity index (χ3n) is 4.54. The highest BCUT2D eigenvalue weighted by Gasteiger charge is 2.14. The first-order valence-corrected chi connectivity index (χ1v) is 10.7. The Hall–Kier alpha value is -3.03. The molecule has 0 aliphatic rings. The van der Waals surface area contributed by atoms with Crippen molar-refractivity contribution in [1.82, 2.24) is 24.2 Å². The lowest BCUT2D eigenvalue weighted by molar-refractivity contribution is -0.127. The molecule has 2 aromatic heterocycles. The lowest BCUT2D eigenvalue weighted by Gasteiger charge is -2.16. The molecule has 0 bridgehead atoms. The van der Waals surface area contributed by atoms with Gasteiger partial charge in [-0.15, -0.1) is 0 Å². The van der Waals surface area contributed by atoms with Crippen LogP contribution in [0.1, 0.15) is 5.56 Å². The van der Waals surface area contributed by atoms with Gasteiger partial charge in [0.1, 0.15) is 0 Å². The minimum absolute atomic E-state index is 0.0260. The number of imidazole rings is 1. The number of thioether (sulfide) groups is 1. The molecule has 6 nitrogen and oxygen atoms in total. The minimum atomic E-state index is 0.0260. The van der Waals surface area contributed by atoms with Crippen LogP contribution in [-0.4, -0.2) is 42.9 Å². The van der Waals surface area contributed by atoms with Gasteiger partial charge in [0.2, 0.25) is 5.91 Å². The fourth-order valence-electron chi connectivity index (χ4n) is 2.96. The van der Waals surface area contributed by atoms with E-state index in [1.54, 1.807) is 24.3 Å². The summed E-state index contributed by atoms with van der Waals surface area (Å²) in [5, 5.41) is 5.83.